The van der Waals surface area contributed by atoms with Gasteiger partial charge in [-0.2, -0.15) is 0 Å². The van der Waals surface area contributed by atoms with Crippen LogP contribution in [0.2, 0.25) is 0 Å². The second-order valence-electron chi connectivity index (χ2n) is 4.65. The highest BCUT2D eigenvalue weighted by molar-refractivity contribution is 5.81. The van der Waals surface area contributed by atoms with E-state index in [9.17, 15) is 4.79 Å². The van der Waals surface area contributed by atoms with E-state index in [1.54, 1.807) is 0 Å². The Kier molecular flexibility index (Phi) is 5.22. The highest BCUT2D eigenvalue weighted by atomic mass is 16.5. The van der Waals surface area contributed by atoms with Crippen LogP contribution in [0.25, 0.3) is 0 Å². The Morgan fingerprint density at radius 2 is 2.25 bits per heavy atom. The molecule has 0 aliphatic carbocycles. The summed E-state index contributed by atoms with van der Waals surface area (Å²) in [4.78, 5) is 13.9. The molecule has 4 nitrogen and oxygen atoms in total. The fourth-order valence-electron chi connectivity index (χ4n) is 2.12. The van der Waals surface area contributed by atoms with E-state index in [-0.39, 0.29) is 24.2 Å². The van der Waals surface area contributed by atoms with Crippen LogP contribution in [0.1, 0.15) is 39.5 Å². The van der Waals surface area contributed by atoms with Crippen molar-refractivity contribution in [2.24, 2.45) is 5.73 Å². The van der Waals surface area contributed by atoms with Crippen LogP contribution in [0, 0.1) is 0 Å². The van der Waals surface area contributed by atoms with Gasteiger partial charge >= 0.3 is 0 Å². The Morgan fingerprint density at radius 1 is 1.56 bits per heavy atom. The zero-order valence-corrected chi connectivity index (χ0v) is 10.6. The molecular formula is C12H24N2O2. The van der Waals surface area contributed by atoms with E-state index < -0.39 is 0 Å². The molecule has 2 N–H and O–H groups in total. The number of rotatable bonds is 5. The van der Waals surface area contributed by atoms with Gasteiger partial charge in [0, 0.05) is 19.6 Å². The molecule has 0 aromatic rings. The van der Waals surface area contributed by atoms with Crippen molar-refractivity contribution >= 4 is 5.91 Å². The quantitative estimate of drug-likeness (QED) is 0.767. The number of carbonyl (C=O) groups is 1. The number of carbonyl (C=O) groups excluding carboxylic acids is 1. The molecule has 1 amide bonds. The van der Waals surface area contributed by atoms with Gasteiger partial charge in [-0.1, -0.05) is 13.3 Å². The zero-order chi connectivity index (χ0) is 12.1. The van der Waals surface area contributed by atoms with Gasteiger partial charge in [-0.3, -0.25) is 4.79 Å². The molecule has 1 aliphatic heterocycles. The third-order valence-electron chi connectivity index (χ3n) is 3.36. The highest BCUT2D eigenvalue weighted by Gasteiger charge is 2.32. The number of hydrogen-bond acceptors (Lipinski definition) is 3. The maximum atomic E-state index is 12.1. The molecule has 4 heteroatoms. The fourth-order valence-corrected chi connectivity index (χ4v) is 2.12. The predicted octanol–water partition coefficient (Wildman–Crippen LogP) is 1.14. The Morgan fingerprint density at radius 3 is 2.75 bits per heavy atom. The lowest BCUT2D eigenvalue weighted by Crippen LogP contribution is -2.42. The van der Waals surface area contributed by atoms with Crippen molar-refractivity contribution in [3.8, 4) is 0 Å². The van der Waals surface area contributed by atoms with E-state index in [1.165, 1.54) is 0 Å². The molecule has 0 radical (unpaired) electrons. The van der Waals surface area contributed by atoms with Gasteiger partial charge in [0.1, 0.15) is 6.10 Å². The molecule has 0 aromatic carbocycles. The predicted molar refractivity (Wildman–Crippen MR) is 64.1 cm³/mol. The van der Waals surface area contributed by atoms with Crippen LogP contribution >= 0.6 is 0 Å². The van der Waals surface area contributed by atoms with E-state index in [0.717, 1.165) is 25.7 Å². The van der Waals surface area contributed by atoms with Crippen molar-refractivity contribution in [2.45, 2.75) is 57.8 Å². The lowest BCUT2D eigenvalue weighted by molar-refractivity contribution is -0.143. The second-order valence-corrected chi connectivity index (χ2v) is 4.65. The largest absolute Gasteiger partial charge is 0.364 e. The SMILES string of the molecule is CCCC(C)N(C)C(=O)C1CCC(CN)O1. The van der Waals surface area contributed by atoms with Gasteiger partial charge in [-0.25, -0.2) is 0 Å². The minimum Gasteiger partial charge on any atom is -0.364 e. The molecule has 0 spiro atoms. The van der Waals surface area contributed by atoms with E-state index in [1.807, 2.05) is 11.9 Å². The van der Waals surface area contributed by atoms with Crippen LogP contribution in [0.15, 0.2) is 0 Å². The van der Waals surface area contributed by atoms with Gasteiger partial charge in [0.15, 0.2) is 0 Å². The van der Waals surface area contributed by atoms with E-state index in [4.69, 9.17) is 10.5 Å². The van der Waals surface area contributed by atoms with Crippen molar-refractivity contribution < 1.29 is 9.53 Å². The average Bonchev–Trinajstić information content (AvgIpc) is 2.75. The van der Waals surface area contributed by atoms with Crippen molar-refractivity contribution in [2.75, 3.05) is 13.6 Å². The first-order chi connectivity index (χ1) is 7.60. The summed E-state index contributed by atoms with van der Waals surface area (Å²) in [6, 6.07) is 0.290. The molecule has 1 fully saturated rings. The van der Waals surface area contributed by atoms with Gasteiger partial charge in [0.25, 0.3) is 5.91 Å². The van der Waals surface area contributed by atoms with Gasteiger partial charge in [-0.05, 0) is 26.2 Å². The summed E-state index contributed by atoms with van der Waals surface area (Å²) in [6.07, 6.45) is 3.65. The van der Waals surface area contributed by atoms with Crippen molar-refractivity contribution in [1.82, 2.24) is 4.90 Å². The van der Waals surface area contributed by atoms with Crippen LogP contribution < -0.4 is 5.73 Å². The van der Waals surface area contributed by atoms with Crippen molar-refractivity contribution in [3.63, 3.8) is 0 Å². The molecule has 1 rings (SSSR count). The van der Waals surface area contributed by atoms with E-state index in [2.05, 4.69) is 13.8 Å². The van der Waals surface area contributed by atoms with Gasteiger partial charge in [0.2, 0.25) is 0 Å². The molecule has 0 saturated carbocycles. The Hall–Kier alpha value is -0.610. The summed E-state index contributed by atoms with van der Waals surface area (Å²) in [5.74, 6) is 0.108. The number of amides is 1. The van der Waals surface area contributed by atoms with Crippen LogP contribution in [-0.2, 0) is 9.53 Å². The number of hydrogen-bond donors (Lipinski definition) is 1. The summed E-state index contributed by atoms with van der Waals surface area (Å²) in [5.41, 5.74) is 5.53. The van der Waals surface area contributed by atoms with E-state index >= 15 is 0 Å². The lowest BCUT2D eigenvalue weighted by atomic mass is 10.1. The standard InChI is InChI=1S/C12H24N2O2/c1-4-5-9(2)14(3)12(15)11-7-6-10(8-13)16-11/h9-11H,4-8,13H2,1-3H3. The third-order valence-corrected chi connectivity index (χ3v) is 3.36. The number of nitrogens with zero attached hydrogens (tertiary/aromatic N) is 1. The normalized spacial score (nSPS) is 26.8. The Balaban J connectivity index is 2.45. The minimum absolute atomic E-state index is 0.0730. The summed E-state index contributed by atoms with van der Waals surface area (Å²) >= 11 is 0. The summed E-state index contributed by atoms with van der Waals surface area (Å²) in [7, 11) is 1.86. The lowest BCUT2D eigenvalue weighted by Gasteiger charge is -2.27. The molecule has 0 bridgehead atoms. The van der Waals surface area contributed by atoms with Crippen molar-refractivity contribution in [1.29, 1.82) is 0 Å². The molecule has 1 saturated heterocycles. The number of ether oxygens (including phenoxy) is 1. The van der Waals surface area contributed by atoms with Gasteiger partial charge in [-0.15, -0.1) is 0 Å². The Labute approximate surface area is 98.1 Å². The second kappa shape index (κ2) is 6.21. The molecule has 1 heterocycles. The minimum atomic E-state index is -0.266. The smallest absolute Gasteiger partial charge is 0.251 e. The highest BCUT2D eigenvalue weighted by Crippen LogP contribution is 2.21. The molecule has 3 atom stereocenters. The van der Waals surface area contributed by atoms with Crippen LogP contribution in [0.4, 0.5) is 0 Å². The topological polar surface area (TPSA) is 55.6 Å². The van der Waals surface area contributed by atoms with Crippen molar-refractivity contribution in [3.05, 3.63) is 0 Å². The fraction of sp³-hybridized carbons (Fsp3) is 0.917. The third kappa shape index (κ3) is 3.19. The summed E-state index contributed by atoms with van der Waals surface area (Å²) < 4.78 is 5.61. The monoisotopic (exact) mass is 228 g/mol. The van der Waals surface area contributed by atoms with E-state index in [0.29, 0.717) is 6.54 Å². The number of likely N-dealkylation sites (N-methyl/N-ethyl adjacent to an activating group) is 1. The van der Waals surface area contributed by atoms with Gasteiger partial charge < -0.3 is 15.4 Å². The maximum absolute atomic E-state index is 12.1. The molecule has 0 aromatic heterocycles. The molecule has 16 heavy (non-hydrogen) atoms. The number of nitrogens with two attached hydrogens (primary N) is 1. The van der Waals surface area contributed by atoms with Crippen LogP contribution in [-0.4, -0.2) is 42.6 Å². The van der Waals surface area contributed by atoms with Crippen LogP contribution in [0.5, 0.6) is 0 Å². The zero-order valence-electron chi connectivity index (χ0n) is 10.6. The first-order valence-electron chi connectivity index (χ1n) is 6.22. The molecule has 1 aliphatic rings. The molecule has 94 valence electrons. The average molecular weight is 228 g/mol. The summed E-state index contributed by atoms with van der Waals surface area (Å²) in [5, 5.41) is 0. The Bertz CT molecular complexity index is 229. The van der Waals surface area contributed by atoms with Gasteiger partial charge in [0.05, 0.1) is 6.10 Å². The maximum Gasteiger partial charge on any atom is 0.251 e. The van der Waals surface area contributed by atoms with Crippen LogP contribution in [0.3, 0.4) is 0 Å². The first-order valence-corrected chi connectivity index (χ1v) is 6.22. The first kappa shape index (κ1) is 13.5. The molecular weight excluding hydrogens is 204 g/mol. The summed E-state index contributed by atoms with van der Waals surface area (Å²) in [6.45, 7) is 4.72. The molecule has 3 unspecified atom stereocenters.